The molecule has 3 aromatic rings. The molecule has 3 heterocycles. The minimum absolute atomic E-state index is 0.182. The van der Waals surface area contributed by atoms with Crippen LogP contribution in [0.2, 0.25) is 5.02 Å². The molecule has 3 aliphatic rings. The van der Waals surface area contributed by atoms with Crippen LogP contribution in [0.25, 0.3) is 17.3 Å². The molecule has 1 saturated heterocycles. The molecule has 2 aromatic carbocycles. The third-order valence-corrected chi connectivity index (χ3v) is 7.64. The fourth-order valence-electron chi connectivity index (χ4n) is 5.71. The monoisotopic (exact) mass is 491 g/mol. The number of hydrazine groups is 1. The van der Waals surface area contributed by atoms with Gasteiger partial charge in [0.2, 0.25) is 0 Å². The number of aromatic nitrogens is 2. The smallest absolute Gasteiger partial charge is 0.286 e. The van der Waals surface area contributed by atoms with Crippen molar-refractivity contribution in [3.8, 4) is 5.69 Å². The minimum Gasteiger partial charge on any atom is -0.308 e. The molecule has 1 saturated carbocycles. The van der Waals surface area contributed by atoms with Gasteiger partial charge in [0.1, 0.15) is 5.82 Å². The number of halogens is 2. The number of rotatable bonds is 4. The zero-order valence-corrected chi connectivity index (χ0v) is 20.1. The molecule has 180 valence electrons. The van der Waals surface area contributed by atoms with Crippen molar-refractivity contribution in [2.75, 3.05) is 19.6 Å². The summed E-state index contributed by atoms with van der Waals surface area (Å²) in [7, 11) is 0. The summed E-state index contributed by atoms with van der Waals surface area (Å²) >= 11 is 6.13. The number of nitrogens with one attached hydrogen (secondary N) is 2. The highest BCUT2D eigenvalue weighted by Gasteiger charge is 2.37. The van der Waals surface area contributed by atoms with Gasteiger partial charge in [-0.2, -0.15) is 5.10 Å². The van der Waals surface area contributed by atoms with Crippen LogP contribution in [0.3, 0.4) is 0 Å². The maximum atomic E-state index is 13.5. The standard InChI is InChI=1S/C27H27ClFN5O/c28-21-6-10-23(11-7-21)34-26-20(12-17-4-8-22(29)9-5-17)13-30-14-24(26)25(31-34)27(35)32-33-15-18-2-1-3-19(18)16-33/h4-12,18-19,30H,1-3,13-16H2,(H,32,35)/b20-12+. The Balaban J connectivity index is 1.38. The molecule has 35 heavy (non-hydrogen) atoms. The van der Waals surface area contributed by atoms with Crippen molar-refractivity contribution >= 4 is 29.2 Å². The summed E-state index contributed by atoms with van der Waals surface area (Å²) in [6.07, 6.45) is 5.81. The van der Waals surface area contributed by atoms with Gasteiger partial charge >= 0.3 is 0 Å². The number of carbonyl (C=O) groups excluding carboxylic acids is 1. The first-order chi connectivity index (χ1) is 17.0. The van der Waals surface area contributed by atoms with Crippen LogP contribution in [-0.4, -0.2) is 40.3 Å². The lowest BCUT2D eigenvalue weighted by Crippen LogP contribution is -2.41. The van der Waals surface area contributed by atoms with Crippen LogP contribution >= 0.6 is 11.6 Å². The Kier molecular flexibility index (Phi) is 5.92. The van der Waals surface area contributed by atoms with E-state index in [1.54, 1.807) is 12.1 Å². The van der Waals surface area contributed by atoms with E-state index in [1.807, 2.05) is 35.0 Å². The Morgan fingerprint density at radius 2 is 1.77 bits per heavy atom. The van der Waals surface area contributed by atoms with Gasteiger partial charge in [0.15, 0.2) is 5.69 Å². The average molecular weight is 492 g/mol. The van der Waals surface area contributed by atoms with E-state index in [-0.39, 0.29) is 11.7 Å². The van der Waals surface area contributed by atoms with Crippen LogP contribution < -0.4 is 10.7 Å². The predicted octanol–water partition coefficient (Wildman–Crippen LogP) is 4.69. The molecule has 1 aromatic heterocycles. The molecule has 0 radical (unpaired) electrons. The molecule has 0 spiro atoms. The van der Waals surface area contributed by atoms with E-state index in [4.69, 9.17) is 16.7 Å². The number of nitrogens with zero attached hydrogens (tertiary/aromatic N) is 3. The van der Waals surface area contributed by atoms with Crippen molar-refractivity contribution in [3.05, 3.63) is 81.9 Å². The van der Waals surface area contributed by atoms with Crippen molar-refractivity contribution in [1.82, 2.24) is 25.5 Å². The van der Waals surface area contributed by atoms with Crippen molar-refractivity contribution in [2.24, 2.45) is 11.8 Å². The molecule has 2 unspecified atom stereocenters. The number of benzene rings is 2. The van der Waals surface area contributed by atoms with Crippen LogP contribution in [0.1, 0.15) is 46.6 Å². The summed E-state index contributed by atoms with van der Waals surface area (Å²) in [4.78, 5) is 13.5. The summed E-state index contributed by atoms with van der Waals surface area (Å²) in [5, 5.41) is 10.9. The van der Waals surface area contributed by atoms with Gasteiger partial charge in [0.05, 0.1) is 11.4 Å². The maximum Gasteiger partial charge on any atom is 0.286 e. The third kappa shape index (κ3) is 4.40. The molecule has 8 heteroatoms. The fourth-order valence-corrected chi connectivity index (χ4v) is 5.83. The van der Waals surface area contributed by atoms with E-state index in [0.717, 1.165) is 41.2 Å². The second kappa shape index (κ2) is 9.22. The lowest BCUT2D eigenvalue weighted by molar-refractivity contribution is 0.0807. The zero-order chi connectivity index (χ0) is 23.9. The molecule has 6 rings (SSSR count). The zero-order valence-electron chi connectivity index (χ0n) is 19.3. The van der Waals surface area contributed by atoms with Crippen molar-refractivity contribution in [1.29, 1.82) is 0 Å². The number of hydrogen-bond donors (Lipinski definition) is 2. The Hall–Kier alpha value is -3.00. The largest absolute Gasteiger partial charge is 0.308 e. The first kappa shape index (κ1) is 22.5. The second-order valence-electron chi connectivity index (χ2n) is 9.69. The minimum atomic E-state index is -0.272. The molecule has 2 aliphatic heterocycles. The van der Waals surface area contributed by atoms with Gasteiger partial charge in [-0.05, 0) is 78.3 Å². The van der Waals surface area contributed by atoms with Crippen LogP contribution in [-0.2, 0) is 6.54 Å². The second-order valence-corrected chi connectivity index (χ2v) is 10.1. The molecule has 1 amide bonds. The molecule has 6 nitrogen and oxygen atoms in total. The predicted molar refractivity (Wildman–Crippen MR) is 134 cm³/mol. The van der Waals surface area contributed by atoms with Crippen LogP contribution in [0.5, 0.6) is 0 Å². The van der Waals surface area contributed by atoms with Crippen LogP contribution in [0, 0.1) is 17.7 Å². The van der Waals surface area contributed by atoms with Gasteiger partial charge in [-0.1, -0.05) is 30.2 Å². The summed E-state index contributed by atoms with van der Waals surface area (Å²) < 4.78 is 15.3. The fraction of sp³-hybridized carbons (Fsp3) is 0.333. The molecule has 2 atom stereocenters. The Labute approximate surface area is 208 Å². The number of fused-ring (bicyclic) bond motifs is 2. The van der Waals surface area contributed by atoms with Gasteiger partial charge in [0, 0.05) is 36.8 Å². The summed E-state index contributed by atoms with van der Waals surface area (Å²) in [5.74, 6) is 0.912. The molecular weight excluding hydrogens is 465 g/mol. The molecule has 0 bridgehead atoms. The summed E-state index contributed by atoms with van der Waals surface area (Å²) in [5.41, 5.74) is 7.98. The van der Waals surface area contributed by atoms with Gasteiger partial charge in [-0.15, -0.1) is 0 Å². The van der Waals surface area contributed by atoms with Gasteiger partial charge in [-0.25, -0.2) is 14.1 Å². The summed E-state index contributed by atoms with van der Waals surface area (Å²) in [6.45, 7) is 2.97. The highest BCUT2D eigenvalue weighted by molar-refractivity contribution is 6.30. The Morgan fingerprint density at radius 3 is 2.49 bits per heavy atom. The van der Waals surface area contributed by atoms with Crippen molar-refractivity contribution in [2.45, 2.75) is 25.8 Å². The van der Waals surface area contributed by atoms with Crippen molar-refractivity contribution < 1.29 is 9.18 Å². The number of carbonyl (C=O) groups is 1. The number of amides is 1. The molecule has 2 fully saturated rings. The van der Waals surface area contributed by atoms with Gasteiger partial charge in [-0.3, -0.25) is 10.2 Å². The van der Waals surface area contributed by atoms with E-state index in [2.05, 4.69) is 15.8 Å². The Morgan fingerprint density at radius 1 is 1.06 bits per heavy atom. The Bertz CT molecular complexity index is 1270. The molecular formula is C27H27ClFN5O. The highest BCUT2D eigenvalue weighted by atomic mass is 35.5. The lowest BCUT2D eigenvalue weighted by Gasteiger charge is -2.20. The van der Waals surface area contributed by atoms with E-state index < -0.39 is 0 Å². The first-order valence-electron chi connectivity index (χ1n) is 12.2. The van der Waals surface area contributed by atoms with E-state index in [0.29, 0.717) is 35.6 Å². The van der Waals surface area contributed by atoms with Gasteiger partial charge < -0.3 is 5.32 Å². The SMILES string of the molecule is O=C(NN1CC2CCCC2C1)c1nn(-c2ccc(Cl)cc2)c2c1CNC/C2=C\c1ccc(F)cc1. The van der Waals surface area contributed by atoms with Crippen molar-refractivity contribution in [3.63, 3.8) is 0 Å². The topological polar surface area (TPSA) is 62.2 Å². The first-order valence-corrected chi connectivity index (χ1v) is 12.5. The normalized spacial score (nSPS) is 22.9. The quantitative estimate of drug-likeness (QED) is 0.556. The highest BCUT2D eigenvalue weighted by Crippen LogP contribution is 2.37. The summed E-state index contributed by atoms with van der Waals surface area (Å²) in [6, 6.07) is 13.8. The van der Waals surface area contributed by atoms with Gasteiger partial charge in [0.25, 0.3) is 5.91 Å². The van der Waals surface area contributed by atoms with Crippen LogP contribution in [0.4, 0.5) is 4.39 Å². The maximum absolute atomic E-state index is 13.5. The van der Waals surface area contributed by atoms with E-state index in [1.165, 1.54) is 31.4 Å². The molecule has 2 N–H and O–H groups in total. The van der Waals surface area contributed by atoms with Crippen LogP contribution in [0.15, 0.2) is 48.5 Å². The number of hydrogen-bond acceptors (Lipinski definition) is 4. The van der Waals surface area contributed by atoms with E-state index >= 15 is 0 Å². The molecule has 1 aliphatic carbocycles. The van der Waals surface area contributed by atoms with E-state index in [9.17, 15) is 9.18 Å². The third-order valence-electron chi connectivity index (χ3n) is 7.39. The average Bonchev–Trinajstić information content (AvgIpc) is 3.55. The lowest BCUT2D eigenvalue weighted by atomic mass is 9.99.